The molecule has 0 bridgehead atoms. The molecule has 1 N–H and O–H groups in total. The number of benzene rings is 2. The smallest absolute Gasteiger partial charge is 0.488 e. The van der Waals surface area contributed by atoms with E-state index < -0.39 is 42.0 Å². The van der Waals surface area contributed by atoms with Crippen molar-refractivity contribution in [2.75, 3.05) is 31.1 Å². The van der Waals surface area contributed by atoms with Crippen molar-refractivity contribution >= 4 is 23.1 Å². The van der Waals surface area contributed by atoms with Gasteiger partial charge in [0.15, 0.2) is 11.2 Å². The van der Waals surface area contributed by atoms with Gasteiger partial charge in [-0.2, -0.15) is 18.2 Å². The number of hydrogen-bond donors (Lipinski definition) is 1. The van der Waals surface area contributed by atoms with Crippen molar-refractivity contribution in [1.82, 2.24) is 24.0 Å². The second-order valence-corrected chi connectivity index (χ2v) is 10.7. The summed E-state index contributed by atoms with van der Waals surface area (Å²) in [6.07, 6.45) is -6.37. The van der Waals surface area contributed by atoms with Crippen molar-refractivity contribution in [3.8, 4) is 5.75 Å². The number of rotatable bonds is 9. The molecule has 1 atom stereocenters. The van der Waals surface area contributed by atoms with E-state index in [-0.39, 0.29) is 23.5 Å². The molecular weight excluding hydrogens is 600 g/mol. The van der Waals surface area contributed by atoms with Crippen LogP contribution in [0.15, 0.2) is 75.5 Å². The fraction of sp³-hybridized carbons (Fsp3) is 0.333. The normalized spacial score (nSPS) is 15.5. The number of halogens is 4. The molecular formula is C30H28F4N6O5. The van der Waals surface area contributed by atoms with Gasteiger partial charge in [0.05, 0.1) is 0 Å². The minimum absolute atomic E-state index is 0.000220. The van der Waals surface area contributed by atoms with Crippen LogP contribution in [0.2, 0.25) is 0 Å². The van der Waals surface area contributed by atoms with Gasteiger partial charge in [0.2, 0.25) is 12.2 Å². The molecule has 2 aliphatic rings. The number of imidazole rings is 1. The Kier molecular flexibility index (Phi) is 7.95. The Morgan fingerprint density at radius 2 is 1.80 bits per heavy atom. The van der Waals surface area contributed by atoms with E-state index in [9.17, 15) is 31.9 Å². The Morgan fingerprint density at radius 1 is 1.07 bits per heavy atom. The first-order chi connectivity index (χ1) is 21.5. The number of ether oxygens (including phenoxy) is 2. The fourth-order valence-electron chi connectivity index (χ4n) is 5.61. The second kappa shape index (κ2) is 11.9. The molecule has 2 aromatic carbocycles. The van der Waals surface area contributed by atoms with Gasteiger partial charge in [-0.05, 0) is 48.2 Å². The monoisotopic (exact) mass is 628 g/mol. The van der Waals surface area contributed by atoms with E-state index in [1.807, 2.05) is 4.90 Å². The second-order valence-electron chi connectivity index (χ2n) is 10.7. The molecule has 0 aliphatic carbocycles. The third-order valence-corrected chi connectivity index (χ3v) is 7.84. The van der Waals surface area contributed by atoms with E-state index in [2.05, 4.69) is 5.32 Å². The summed E-state index contributed by atoms with van der Waals surface area (Å²) >= 11 is 0. The van der Waals surface area contributed by atoms with Gasteiger partial charge in [0, 0.05) is 38.9 Å². The Hall–Kier alpha value is -4.92. The lowest BCUT2D eigenvalue weighted by Gasteiger charge is -2.22. The zero-order chi connectivity index (χ0) is 31.9. The van der Waals surface area contributed by atoms with Crippen molar-refractivity contribution in [3.05, 3.63) is 98.1 Å². The van der Waals surface area contributed by atoms with Gasteiger partial charge in [-0.15, -0.1) is 0 Å². The topological polar surface area (TPSA) is 113 Å². The van der Waals surface area contributed by atoms with E-state index in [1.165, 1.54) is 36.9 Å². The Bertz CT molecular complexity index is 1900. The Morgan fingerprint density at radius 3 is 2.51 bits per heavy atom. The summed E-state index contributed by atoms with van der Waals surface area (Å²) in [6.45, 7) is 1.25. The molecule has 0 saturated carbocycles. The number of nitrogens with zero attached hydrogens (tertiary/aromatic N) is 5. The maximum absolute atomic E-state index is 14.2. The summed E-state index contributed by atoms with van der Waals surface area (Å²) in [5.41, 5.74) is 0.791. The highest BCUT2D eigenvalue weighted by Crippen LogP contribution is 2.32. The van der Waals surface area contributed by atoms with Crippen LogP contribution in [0, 0.1) is 5.82 Å². The van der Waals surface area contributed by atoms with Gasteiger partial charge in [-0.1, -0.05) is 30.3 Å². The molecule has 0 spiro atoms. The van der Waals surface area contributed by atoms with Crippen molar-refractivity contribution in [2.24, 2.45) is 7.05 Å². The molecule has 0 amide bonds. The summed E-state index contributed by atoms with van der Waals surface area (Å²) in [6, 6.07) is 13.8. The van der Waals surface area contributed by atoms with Gasteiger partial charge < -0.3 is 24.3 Å². The molecule has 15 heteroatoms. The summed E-state index contributed by atoms with van der Waals surface area (Å²) in [5, 5.41) is 3.29. The van der Waals surface area contributed by atoms with Crippen LogP contribution < -0.4 is 26.2 Å². The molecule has 1 unspecified atom stereocenters. The van der Waals surface area contributed by atoms with Crippen molar-refractivity contribution in [1.29, 1.82) is 0 Å². The first-order valence-corrected chi connectivity index (χ1v) is 14.1. The van der Waals surface area contributed by atoms with Crippen LogP contribution in [0.1, 0.15) is 18.2 Å². The summed E-state index contributed by atoms with van der Waals surface area (Å²) in [4.78, 5) is 46.4. The zero-order valence-corrected chi connectivity index (χ0v) is 24.0. The van der Waals surface area contributed by atoms with E-state index >= 15 is 0 Å². The minimum atomic E-state index is -5.40. The lowest BCUT2D eigenvalue weighted by Crippen LogP contribution is -2.46. The fourth-order valence-corrected chi connectivity index (χ4v) is 5.61. The first-order valence-electron chi connectivity index (χ1n) is 14.1. The van der Waals surface area contributed by atoms with Crippen molar-refractivity contribution in [2.45, 2.75) is 31.8 Å². The quantitative estimate of drug-likeness (QED) is 0.223. The lowest BCUT2D eigenvalue weighted by atomic mass is 10.1. The van der Waals surface area contributed by atoms with Crippen LogP contribution in [0.5, 0.6) is 5.75 Å². The maximum atomic E-state index is 14.2. The van der Waals surface area contributed by atoms with E-state index in [4.69, 9.17) is 14.5 Å². The van der Waals surface area contributed by atoms with Crippen molar-refractivity contribution < 1.29 is 31.8 Å². The average Bonchev–Trinajstić information content (AvgIpc) is 3.73. The van der Waals surface area contributed by atoms with E-state index in [1.54, 1.807) is 34.9 Å². The molecule has 4 aromatic rings. The zero-order valence-electron chi connectivity index (χ0n) is 24.0. The summed E-state index contributed by atoms with van der Waals surface area (Å²) in [7, 11) is 1.33. The number of esters is 1. The van der Waals surface area contributed by atoms with Gasteiger partial charge in [0.25, 0.3) is 5.56 Å². The molecule has 45 heavy (non-hydrogen) atoms. The standard InChI is InChI=1S/C30H28F4N6O5/c1-37-25-24(26(41)40(29(37)43)23(45-27(42)30(32,33)34)17-44-21-5-3-2-4-6-21)39(13-11-18-7-9-20(31)10-8-18)28(36-25)38-14-12-19-15-35-16-22(19)38/h2-10,23,35H,11-17H2,1H3. The summed E-state index contributed by atoms with van der Waals surface area (Å²) in [5.74, 6) is -2.41. The van der Waals surface area contributed by atoms with Crippen LogP contribution in [0.4, 0.5) is 23.5 Å². The number of anilines is 1. The van der Waals surface area contributed by atoms with Crippen molar-refractivity contribution in [3.63, 3.8) is 0 Å². The number of carbonyl (C=O) groups is 1. The number of hydrogen-bond acceptors (Lipinski definition) is 8. The third-order valence-electron chi connectivity index (χ3n) is 7.84. The van der Waals surface area contributed by atoms with E-state index in [0.717, 1.165) is 22.2 Å². The molecule has 0 saturated heterocycles. The Balaban J connectivity index is 1.49. The number of aryl methyl sites for hydroxylation is 3. The molecule has 0 fully saturated rings. The first kappa shape index (κ1) is 30.1. The van der Waals surface area contributed by atoms with Crippen LogP contribution in [0.3, 0.4) is 0 Å². The van der Waals surface area contributed by atoms with Gasteiger partial charge in [0.1, 0.15) is 18.2 Å². The predicted octanol–water partition coefficient (Wildman–Crippen LogP) is 3.03. The lowest BCUT2D eigenvalue weighted by molar-refractivity contribution is -0.211. The molecule has 11 nitrogen and oxygen atoms in total. The van der Waals surface area contributed by atoms with Gasteiger partial charge >= 0.3 is 17.8 Å². The average molecular weight is 629 g/mol. The highest BCUT2D eigenvalue weighted by molar-refractivity contribution is 5.77. The van der Waals surface area contributed by atoms with Crippen LogP contribution >= 0.6 is 0 Å². The van der Waals surface area contributed by atoms with Crippen LogP contribution in [-0.2, 0) is 29.5 Å². The predicted molar refractivity (Wildman–Crippen MR) is 154 cm³/mol. The highest BCUT2D eigenvalue weighted by Gasteiger charge is 2.43. The molecule has 2 aliphatic heterocycles. The molecule has 4 heterocycles. The van der Waals surface area contributed by atoms with Gasteiger partial charge in [-0.3, -0.25) is 9.36 Å². The number of alkyl halides is 3. The molecule has 236 valence electrons. The third kappa shape index (κ3) is 5.82. The number of para-hydroxylation sites is 1. The Labute approximate surface area is 252 Å². The van der Waals surface area contributed by atoms with Gasteiger partial charge in [-0.25, -0.2) is 18.5 Å². The highest BCUT2D eigenvalue weighted by atomic mass is 19.4. The van der Waals surface area contributed by atoms with E-state index in [0.29, 0.717) is 36.6 Å². The number of carbonyl (C=O) groups excluding carboxylic acids is 1. The summed E-state index contributed by atoms with van der Waals surface area (Å²) < 4.78 is 66.8. The number of aromatic nitrogens is 4. The minimum Gasteiger partial charge on any atom is -0.488 e. The SMILES string of the molecule is Cn1c(=O)n(C(COc2ccccc2)OC(=O)C(F)(F)F)c(=O)c2c1nc(N1CCC3=C1CNC3)n2CCc1ccc(F)cc1. The van der Waals surface area contributed by atoms with Crippen LogP contribution in [0.25, 0.3) is 11.2 Å². The molecule has 0 radical (unpaired) electrons. The number of nitrogens with one attached hydrogen (secondary N) is 1. The maximum Gasteiger partial charge on any atom is 0.491 e. The largest absolute Gasteiger partial charge is 0.491 e. The molecule has 2 aromatic heterocycles. The number of fused-ring (bicyclic) bond motifs is 1. The molecule has 6 rings (SSSR count). The van der Waals surface area contributed by atoms with Crippen LogP contribution in [-0.4, -0.2) is 57.1 Å².